The summed E-state index contributed by atoms with van der Waals surface area (Å²) >= 11 is 0. The van der Waals surface area contributed by atoms with Crippen molar-refractivity contribution in [3.05, 3.63) is 36.2 Å². The minimum atomic E-state index is -0.184. The molecule has 6 nitrogen and oxygen atoms in total. The van der Waals surface area contributed by atoms with E-state index in [1.165, 1.54) is 6.92 Å². The molecule has 1 amide bonds. The third-order valence-electron chi connectivity index (χ3n) is 2.40. The van der Waals surface area contributed by atoms with Crippen LogP contribution in [0.2, 0.25) is 0 Å². The maximum atomic E-state index is 10.9. The van der Waals surface area contributed by atoms with Crippen LogP contribution in [0.4, 0.5) is 5.82 Å². The molecule has 98 valence electrons. The highest BCUT2D eigenvalue weighted by Gasteiger charge is 2.07. The summed E-state index contributed by atoms with van der Waals surface area (Å²) in [7, 11) is 0. The van der Waals surface area contributed by atoms with E-state index < -0.39 is 0 Å². The lowest BCUT2D eigenvalue weighted by Crippen LogP contribution is -2.27. The molecule has 2 heterocycles. The van der Waals surface area contributed by atoms with Crippen LogP contribution in [0.3, 0.4) is 0 Å². The van der Waals surface area contributed by atoms with Gasteiger partial charge < -0.3 is 0 Å². The molecule has 0 aliphatic rings. The van der Waals surface area contributed by atoms with Crippen LogP contribution in [0.15, 0.2) is 30.5 Å². The largest absolute Gasteiger partial charge is 0.282 e. The van der Waals surface area contributed by atoms with E-state index in [1.54, 1.807) is 12.3 Å². The number of pyridine rings is 1. The number of anilines is 1. The summed E-state index contributed by atoms with van der Waals surface area (Å²) in [5.74, 6) is 0.895. The monoisotopic (exact) mass is 257 g/mol. The van der Waals surface area contributed by atoms with Crippen LogP contribution in [0, 0.1) is 0 Å². The molecule has 19 heavy (non-hydrogen) atoms. The number of aromatic nitrogens is 3. The van der Waals surface area contributed by atoms with Gasteiger partial charge in [0.25, 0.3) is 0 Å². The number of carbonyl (C=O) groups is 1. The smallest absolute Gasteiger partial charge is 0.235 e. The topological polar surface area (TPSA) is 79.8 Å². The molecule has 0 bridgehead atoms. The normalized spacial score (nSPS) is 10.0. The van der Waals surface area contributed by atoms with E-state index >= 15 is 0 Å². The van der Waals surface area contributed by atoms with E-state index in [0.29, 0.717) is 17.3 Å². The lowest BCUT2D eigenvalue weighted by atomic mass is 10.3. The molecule has 0 spiro atoms. The van der Waals surface area contributed by atoms with Gasteiger partial charge in [0.15, 0.2) is 5.82 Å². The summed E-state index contributed by atoms with van der Waals surface area (Å²) in [5.41, 5.74) is 6.82. The summed E-state index contributed by atoms with van der Waals surface area (Å²) in [4.78, 5) is 23.9. The van der Waals surface area contributed by atoms with Crippen molar-refractivity contribution < 1.29 is 4.79 Å². The Morgan fingerprint density at radius 2 is 2.16 bits per heavy atom. The summed E-state index contributed by atoms with van der Waals surface area (Å²) in [6.45, 7) is 3.43. The van der Waals surface area contributed by atoms with Gasteiger partial charge in [0, 0.05) is 24.9 Å². The van der Waals surface area contributed by atoms with Crippen LogP contribution in [0.25, 0.3) is 11.5 Å². The number of hydrogen-bond acceptors (Lipinski definition) is 5. The third-order valence-corrected chi connectivity index (χ3v) is 2.40. The van der Waals surface area contributed by atoms with E-state index in [-0.39, 0.29) is 5.91 Å². The number of carbonyl (C=O) groups excluding carboxylic acids is 1. The Bertz CT molecular complexity index is 571. The fourth-order valence-corrected chi connectivity index (χ4v) is 1.50. The molecule has 0 saturated heterocycles. The number of hydrazine groups is 1. The second kappa shape index (κ2) is 5.90. The number of nitrogens with one attached hydrogen (secondary N) is 2. The Labute approximate surface area is 111 Å². The highest BCUT2D eigenvalue weighted by molar-refractivity contribution is 5.74. The average molecular weight is 257 g/mol. The number of amides is 1. The van der Waals surface area contributed by atoms with Crippen LogP contribution < -0.4 is 10.9 Å². The van der Waals surface area contributed by atoms with Gasteiger partial charge in [0.1, 0.15) is 11.5 Å². The minimum absolute atomic E-state index is 0.184. The predicted octanol–water partition coefficient (Wildman–Crippen LogP) is 1.56. The summed E-state index contributed by atoms with van der Waals surface area (Å²) in [5, 5.41) is 0. The molecule has 0 atom stereocenters. The first-order valence-electron chi connectivity index (χ1n) is 6.01. The quantitative estimate of drug-likeness (QED) is 0.813. The summed E-state index contributed by atoms with van der Waals surface area (Å²) < 4.78 is 0. The van der Waals surface area contributed by atoms with Crippen molar-refractivity contribution >= 4 is 11.7 Å². The van der Waals surface area contributed by atoms with Gasteiger partial charge in [-0.3, -0.25) is 20.6 Å². The fourth-order valence-electron chi connectivity index (χ4n) is 1.50. The van der Waals surface area contributed by atoms with Crippen molar-refractivity contribution in [3.63, 3.8) is 0 Å². The Balaban J connectivity index is 2.33. The van der Waals surface area contributed by atoms with Crippen LogP contribution in [0.1, 0.15) is 19.5 Å². The molecule has 0 radical (unpaired) electrons. The molecule has 2 aromatic rings. The number of rotatable bonds is 4. The lowest BCUT2D eigenvalue weighted by molar-refractivity contribution is -0.118. The third kappa shape index (κ3) is 3.48. The van der Waals surface area contributed by atoms with Gasteiger partial charge >= 0.3 is 0 Å². The number of hydrogen-bond donors (Lipinski definition) is 2. The Morgan fingerprint density at radius 3 is 2.79 bits per heavy atom. The molecule has 0 saturated carbocycles. The van der Waals surface area contributed by atoms with Gasteiger partial charge in [0.05, 0.1) is 0 Å². The average Bonchev–Trinajstić information content (AvgIpc) is 2.45. The maximum Gasteiger partial charge on any atom is 0.235 e. The van der Waals surface area contributed by atoms with Gasteiger partial charge in [-0.2, -0.15) is 0 Å². The van der Waals surface area contributed by atoms with Crippen LogP contribution in [0.5, 0.6) is 0 Å². The van der Waals surface area contributed by atoms with Crippen LogP contribution in [-0.2, 0) is 11.2 Å². The zero-order chi connectivity index (χ0) is 13.7. The van der Waals surface area contributed by atoms with E-state index in [9.17, 15) is 4.79 Å². The zero-order valence-electron chi connectivity index (χ0n) is 10.8. The number of aryl methyl sites for hydroxylation is 1. The van der Waals surface area contributed by atoms with Gasteiger partial charge in [-0.15, -0.1) is 0 Å². The minimum Gasteiger partial charge on any atom is -0.282 e. The van der Waals surface area contributed by atoms with E-state index in [0.717, 1.165) is 12.1 Å². The molecule has 2 rings (SSSR count). The SMILES string of the molecule is CCc1cc(NNC(C)=O)nc(-c2ccccn2)n1. The molecule has 2 N–H and O–H groups in total. The van der Waals surface area contributed by atoms with Gasteiger partial charge in [-0.1, -0.05) is 13.0 Å². The Kier molecular flexibility index (Phi) is 4.02. The molecular formula is C13H15N5O. The van der Waals surface area contributed by atoms with Crippen molar-refractivity contribution in [1.82, 2.24) is 20.4 Å². The van der Waals surface area contributed by atoms with Crippen molar-refractivity contribution in [1.29, 1.82) is 0 Å². The lowest BCUT2D eigenvalue weighted by Gasteiger charge is -2.09. The molecular weight excluding hydrogens is 242 g/mol. The fraction of sp³-hybridized carbons (Fsp3) is 0.231. The second-order valence-electron chi connectivity index (χ2n) is 3.94. The van der Waals surface area contributed by atoms with E-state index in [4.69, 9.17) is 0 Å². The van der Waals surface area contributed by atoms with Crippen molar-refractivity contribution in [3.8, 4) is 11.5 Å². The molecule has 0 aliphatic carbocycles. The maximum absolute atomic E-state index is 10.9. The molecule has 0 aromatic carbocycles. The van der Waals surface area contributed by atoms with E-state index in [1.807, 2.05) is 25.1 Å². The van der Waals surface area contributed by atoms with Crippen LogP contribution in [-0.4, -0.2) is 20.9 Å². The summed E-state index contributed by atoms with van der Waals surface area (Å²) in [6, 6.07) is 7.36. The first-order chi connectivity index (χ1) is 9.19. The molecule has 0 aliphatic heterocycles. The molecule has 0 fully saturated rings. The zero-order valence-corrected chi connectivity index (χ0v) is 10.8. The van der Waals surface area contributed by atoms with Gasteiger partial charge in [-0.25, -0.2) is 9.97 Å². The predicted molar refractivity (Wildman–Crippen MR) is 72.1 cm³/mol. The first kappa shape index (κ1) is 12.9. The van der Waals surface area contributed by atoms with Gasteiger partial charge in [0.2, 0.25) is 5.91 Å². The van der Waals surface area contributed by atoms with Gasteiger partial charge in [-0.05, 0) is 18.6 Å². The standard InChI is InChI=1S/C13H15N5O/c1-3-10-8-12(18-17-9(2)19)16-13(15-10)11-6-4-5-7-14-11/h4-8H,3H2,1-2H3,(H,17,19)(H,15,16,18). The Morgan fingerprint density at radius 1 is 1.32 bits per heavy atom. The van der Waals surface area contributed by atoms with Crippen molar-refractivity contribution in [2.75, 3.05) is 5.43 Å². The molecule has 2 aromatic heterocycles. The second-order valence-corrected chi connectivity index (χ2v) is 3.94. The first-order valence-corrected chi connectivity index (χ1v) is 6.01. The summed E-state index contributed by atoms with van der Waals surface area (Å²) in [6.07, 6.45) is 2.47. The number of nitrogens with zero attached hydrogens (tertiary/aromatic N) is 3. The van der Waals surface area contributed by atoms with Crippen molar-refractivity contribution in [2.45, 2.75) is 20.3 Å². The highest BCUT2D eigenvalue weighted by atomic mass is 16.2. The highest BCUT2D eigenvalue weighted by Crippen LogP contribution is 2.15. The van der Waals surface area contributed by atoms with Crippen molar-refractivity contribution in [2.24, 2.45) is 0 Å². The molecule has 0 unspecified atom stereocenters. The van der Waals surface area contributed by atoms with E-state index in [2.05, 4.69) is 25.8 Å². The van der Waals surface area contributed by atoms with Crippen LogP contribution >= 0.6 is 0 Å². The molecule has 6 heteroatoms. The Hall–Kier alpha value is -2.50.